The van der Waals surface area contributed by atoms with E-state index in [1.165, 1.54) is 42.2 Å². The van der Waals surface area contributed by atoms with E-state index in [9.17, 15) is 44.7 Å². The molecule has 15 heteroatoms. The van der Waals surface area contributed by atoms with Gasteiger partial charge in [-0.2, -0.15) is 0 Å². The van der Waals surface area contributed by atoms with Gasteiger partial charge < -0.3 is 54.7 Å². The molecule has 0 spiro atoms. The summed E-state index contributed by atoms with van der Waals surface area (Å²) in [5, 5.41) is 51.8. The number of nitrogens with one attached hydrogen (secondary N) is 1. The molecule has 2 amide bonds. The van der Waals surface area contributed by atoms with E-state index >= 15 is 0 Å². The summed E-state index contributed by atoms with van der Waals surface area (Å²) in [6.07, 6.45) is -4.26. The van der Waals surface area contributed by atoms with Gasteiger partial charge in [0.15, 0.2) is 6.10 Å². The summed E-state index contributed by atoms with van der Waals surface area (Å²) in [6, 6.07) is 4.38. The second-order valence-electron chi connectivity index (χ2n) is 10.1. The topological polar surface area (TPSA) is 222 Å². The third kappa shape index (κ3) is 9.90. The van der Waals surface area contributed by atoms with E-state index < -0.39 is 48.9 Å². The van der Waals surface area contributed by atoms with Gasteiger partial charge >= 0.3 is 11.9 Å². The number of nitrogens with zero attached hydrogens (tertiary/aromatic N) is 1. The maximum atomic E-state index is 12.1. The summed E-state index contributed by atoms with van der Waals surface area (Å²) in [5.41, 5.74) is 0.481. The molecule has 0 aliphatic carbocycles. The Morgan fingerprint density at radius 1 is 1.02 bits per heavy atom. The van der Waals surface area contributed by atoms with Crippen LogP contribution in [0.3, 0.4) is 0 Å². The Kier molecular flexibility index (Phi) is 12.7. The van der Waals surface area contributed by atoms with Crippen molar-refractivity contribution in [3.05, 3.63) is 35.9 Å². The summed E-state index contributed by atoms with van der Waals surface area (Å²) < 4.78 is 21.6. The van der Waals surface area contributed by atoms with Gasteiger partial charge in [0.2, 0.25) is 18.1 Å². The first-order valence-corrected chi connectivity index (χ1v) is 13.9. The molecule has 1 fully saturated rings. The fourth-order valence-corrected chi connectivity index (χ4v) is 4.38. The normalized spacial score (nSPS) is 25.0. The third-order valence-corrected chi connectivity index (χ3v) is 6.75. The van der Waals surface area contributed by atoms with Crippen LogP contribution in [0.25, 0.3) is 0 Å². The third-order valence-electron chi connectivity index (χ3n) is 6.75. The fourth-order valence-electron chi connectivity index (χ4n) is 4.38. The van der Waals surface area contributed by atoms with E-state index in [4.69, 9.17) is 18.9 Å². The average molecular weight is 611 g/mol. The van der Waals surface area contributed by atoms with Crippen molar-refractivity contribution in [3.8, 4) is 11.5 Å². The smallest absolute Gasteiger partial charge is 0.335 e. The lowest BCUT2D eigenvalue weighted by molar-refractivity contribution is -0.271. The van der Waals surface area contributed by atoms with Crippen LogP contribution in [-0.4, -0.2) is 111 Å². The summed E-state index contributed by atoms with van der Waals surface area (Å²) in [7, 11) is 0. The number of amides is 2. The zero-order chi connectivity index (χ0) is 31.5. The molecular weight excluding hydrogens is 572 g/mol. The van der Waals surface area contributed by atoms with Crippen molar-refractivity contribution in [1.82, 2.24) is 10.2 Å². The second kappa shape index (κ2) is 16.2. The van der Waals surface area contributed by atoms with Gasteiger partial charge in [0.1, 0.15) is 42.6 Å². The number of rotatable bonds is 16. The molecule has 3 rings (SSSR count). The number of aliphatic hydroxyl groups is 4. The fraction of sp³-hybridized carbons (Fsp3) is 0.571. The summed E-state index contributed by atoms with van der Waals surface area (Å²) in [6.45, 7) is 2.04. The lowest BCUT2D eigenvalue weighted by Gasteiger charge is -2.38. The number of benzene rings is 1. The van der Waals surface area contributed by atoms with E-state index in [2.05, 4.69) is 5.32 Å². The van der Waals surface area contributed by atoms with Crippen LogP contribution in [0.4, 0.5) is 0 Å². The van der Waals surface area contributed by atoms with Crippen LogP contribution in [-0.2, 0) is 35.3 Å². The van der Waals surface area contributed by atoms with Gasteiger partial charge in [-0.05, 0) is 37.5 Å². The summed E-state index contributed by atoms with van der Waals surface area (Å²) in [5.74, 6) is -2.10. The van der Waals surface area contributed by atoms with Crippen LogP contribution in [0.1, 0.15) is 44.6 Å². The van der Waals surface area contributed by atoms with Crippen molar-refractivity contribution in [2.75, 3.05) is 19.7 Å². The molecule has 15 nitrogen and oxygen atoms in total. The molecule has 0 bridgehead atoms. The molecule has 2 heterocycles. The van der Waals surface area contributed by atoms with Crippen molar-refractivity contribution >= 4 is 23.8 Å². The monoisotopic (exact) mass is 610 g/mol. The molecule has 2 unspecified atom stereocenters. The number of hydrogen-bond donors (Lipinski definition) is 6. The molecule has 238 valence electrons. The first kappa shape index (κ1) is 33.7. The van der Waals surface area contributed by atoms with Gasteiger partial charge in [0, 0.05) is 44.1 Å². The highest BCUT2D eigenvalue weighted by Crippen LogP contribution is 2.30. The van der Waals surface area contributed by atoms with Crippen molar-refractivity contribution < 1.29 is 63.7 Å². The second-order valence-corrected chi connectivity index (χ2v) is 10.1. The average Bonchev–Trinajstić information content (AvgIpc) is 3.28. The molecule has 1 saturated heterocycles. The van der Waals surface area contributed by atoms with E-state index in [0.717, 1.165) is 6.42 Å². The van der Waals surface area contributed by atoms with Crippen molar-refractivity contribution in [2.45, 2.75) is 82.6 Å². The number of carbonyl (C=O) groups is 4. The first-order chi connectivity index (χ1) is 20.5. The van der Waals surface area contributed by atoms with Crippen molar-refractivity contribution in [3.63, 3.8) is 0 Å². The maximum Gasteiger partial charge on any atom is 0.335 e. The van der Waals surface area contributed by atoms with Crippen molar-refractivity contribution in [2.24, 2.45) is 0 Å². The Balaban J connectivity index is 1.45. The van der Waals surface area contributed by atoms with E-state index in [1.54, 1.807) is 0 Å². The van der Waals surface area contributed by atoms with Crippen LogP contribution >= 0.6 is 0 Å². The Bertz CT molecular complexity index is 1160. The lowest BCUT2D eigenvalue weighted by Crippen LogP contribution is -2.61. The first-order valence-electron chi connectivity index (χ1n) is 13.9. The molecule has 0 aromatic heterocycles. The molecule has 2 aliphatic heterocycles. The van der Waals surface area contributed by atoms with Gasteiger partial charge in [0.05, 0.1) is 6.61 Å². The Labute approximate surface area is 247 Å². The minimum absolute atomic E-state index is 0.0755. The van der Waals surface area contributed by atoms with Crippen LogP contribution < -0.4 is 14.8 Å². The Morgan fingerprint density at radius 2 is 1.79 bits per heavy atom. The summed E-state index contributed by atoms with van der Waals surface area (Å²) in [4.78, 5) is 47.7. The van der Waals surface area contributed by atoms with Crippen LogP contribution in [0, 0.1) is 0 Å². The lowest BCUT2D eigenvalue weighted by atomic mass is 9.99. The molecule has 1 aromatic carbocycles. The van der Waals surface area contributed by atoms with E-state index in [0.29, 0.717) is 44.3 Å². The molecule has 6 N–H and O–H groups in total. The van der Waals surface area contributed by atoms with Gasteiger partial charge in [-0.15, -0.1) is 0 Å². The SMILES string of the molecule is CC(=O)OCc1ccc(OC2O[C@H](C(=O)O)[C@@H](O)[C@H](O)[C@H]2O)cc1OCCCNC(=O)CCCCCN1C(=O)C=CC1O. The number of aliphatic hydroxyl groups excluding tert-OH is 4. The largest absolute Gasteiger partial charge is 0.493 e. The highest BCUT2D eigenvalue weighted by Gasteiger charge is 2.48. The molecule has 0 radical (unpaired) electrons. The number of unbranched alkanes of at least 4 members (excludes halogenated alkanes) is 2. The van der Waals surface area contributed by atoms with Crippen LogP contribution in [0.15, 0.2) is 30.4 Å². The number of carboxylic acid groups (broad SMARTS) is 1. The standard InChI is InChI=1S/C28H38N2O13/c1-16(31)41-15-17-7-8-18(42-28-25(37)23(35)24(36)26(43-28)27(38)39)14-19(17)40-13-5-11-29-20(32)6-3-2-4-12-30-21(33)9-10-22(30)34/h7-10,14,21,23-26,28,33,35-37H,2-6,11-13,15H2,1H3,(H,29,32)(H,38,39)/t21?,23-,24-,25+,26-,28?/m0/s1. The number of ether oxygens (including phenoxy) is 4. The molecule has 2 aliphatic rings. The maximum absolute atomic E-state index is 12.1. The van der Waals surface area contributed by atoms with Gasteiger partial charge in [0.25, 0.3) is 0 Å². The van der Waals surface area contributed by atoms with Gasteiger partial charge in [-0.1, -0.05) is 6.42 Å². The number of aliphatic carboxylic acids is 1. The van der Waals surface area contributed by atoms with Crippen LogP contribution in [0.2, 0.25) is 0 Å². The van der Waals surface area contributed by atoms with Gasteiger partial charge in [-0.25, -0.2) is 4.79 Å². The number of hydrogen-bond acceptors (Lipinski definition) is 12. The quantitative estimate of drug-likeness (QED) is 0.0996. The minimum atomic E-state index is -1.86. The Hall–Kier alpha value is -3.76. The van der Waals surface area contributed by atoms with Crippen molar-refractivity contribution in [1.29, 1.82) is 0 Å². The molecule has 1 aromatic rings. The summed E-state index contributed by atoms with van der Waals surface area (Å²) >= 11 is 0. The Morgan fingerprint density at radius 3 is 2.47 bits per heavy atom. The van der Waals surface area contributed by atoms with Crippen LogP contribution in [0.5, 0.6) is 11.5 Å². The number of carboxylic acids is 1. The predicted octanol–water partition coefficient (Wildman–Crippen LogP) is -0.817. The zero-order valence-corrected chi connectivity index (χ0v) is 23.7. The molecule has 0 saturated carbocycles. The number of esters is 1. The highest BCUT2D eigenvalue weighted by molar-refractivity contribution is 5.90. The predicted molar refractivity (Wildman–Crippen MR) is 145 cm³/mol. The minimum Gasteiger partial charge on any atom is -0.493 e. The highest BCUT2D eigenvalue weighted by atomic mass is 16.7. The molecule has 43 heavy (non-hydrogen) atoms. The van der Waals surface area contributed by atoms with E-state index in [-0.39, 0.29) is 36.5 Å². The van der Waals surface area contributed by atoms with E-state index in [1.807, 2.05) is 0 Å². The molecule has 6 atom stereocenters. The zero-order valence-electron chi connectivity index (χ0n) is 23.7. The number of carbonyl (C=O) groups excluding carboxylic acids is 3. The molecular formula is C28H38N2O13. The van der Waals surface area contributed by atoms with Gasteiger partial charge in [-0.3, -0.25) is 14.4 Å².